The number of alkyl halides is 2. The molecule has 7 rings (SSSR count). The van der Waals surface area contributed by atoms with Gasteiger partial charge in [-0.15, -0.1) is 0 Å². The number of nitrogens with zero attached hydrogens (tertiary/aromatic N) is 5. The average molecular weight is 878 g/mol. The van der Waals surface area contributed by atoms with E-state index in [1.54, 1.807) is 60.4 Å². The monoisotopic (exact) mass is 877 g/mol. The topological polar surface area (TPSA) is 165 Å². The molecule has 3 aliphatic heterocycles. The largest absolute Gasteiger partial charge is 0.493 e. The van der Waals surface area contributed by atoms with E-state index in [4.69, 9.17) is 14.2 Å². The van der Waals surface area contributed by atoms with Crippen LogP contribution in [0.1, 0.15) is 71.2 Å². The molecule has 2 fully saturated rings. The van der Waals surface area contributed by atoms with Crippen molar-refractivity contribution in [3.8, 4) is 17.2 Å². The van der Waals surface area contributed by atoms with E-state index < -0.39 is 31.5 Å². The van der Waals surface area contributed by atoms with Crippen molar-refractivity contribution >= 4 is 60.4 Å². The normalized spacial score (nSPS) is 24.7. The number of methoxy groups -OCH3 is 1. The molecule has 0 bridgehead atoms. The highest BCUT2D eigenvalue weighted by Gasteiger charge is 2.42. The Kier molecular flexibility index (Phi) is 13.9. The van der Waals surface area contributed by atoms with Crippen molar-refractivity contribution < 1.29 is 51.5 Å². The van der Waals surface area contributed by atoms with Crippen LogP contribution in [0.25, 0.3) is 0 Å². The van der Waals surface area contributed by atoms with Crippen LogP contribution in [0, 0.1) is 30.6 Å². The van der Waals surface area contributed by atoms with Gasteiger partial charge >= 0.3 is 0 Å². The molecular formula is C45H54F2N5O9P. The first-order valence-electron chi connectivity index (χ1n) is 21.3. The van der Waals surface area contributed by atoms with Crippen molar-refractivity contribution in [1.29, 1.82) is 0 Å². The average Bonchev–Trinajstić information content (AvgIpc) is 3.88. The van der Waals surface area contributed by atoms with Crippen molar-refractivity contribution in [2.24, 2.45) is 33.7 Å². The first-order chi connectivity index (χ1) is 29.6. The maximum absolute atomic E-state index is 15.0. The first-order valence-corrected chi connectivity index (χ1v) is 23.3. The summed E-state index contributed by atoms with van der Waals surface area (Å²) in [6.07, 6.45) is 5.75. The lowest BCUT2D eigenvalue weighted by atomic mass is 9.89. The number of benzene rings is 2. The number of rotatable bonds is 18. The fourth-order valence-electron chi connectivity index (χ4n) is 9.08. The van der Waals surface area contributed by atoms with Crippen LogP contribution >= 0.6 is 7.29 Å². The molecule has 3 unspecified atom stereocenters. The Labute approximate surface area is 360 Å². The fourth-order valence-corrected chi connectivity index (χ4v) is 11.2. The number of imide groups is 1. The standard InChI is InChI=1S/C45H54F2N5O9P/c1-27-17-34-36(48-25-28-18-30(46)20-32(28)44(34)56)23-38(27)60-13-15-62(58,51(3)11-6-10-50(2)41(53)7-5-12-52-42(54)8-9-43(52)55)16-14-61-40-24-37-35(22-39(40)59-4)45(57)33-21-31(47)19-29(33)26-49-37/h8-9,17,22-26,28-33H,5-7,10-16,18-21H2,1-4H3/t28-,29-,30-,31-,32?,33?,62?/m0/s1. The smallest absolute Gasteiger partial charge is 0.253 e. The van der Waals surface area contributed by atoms with Gasteiger partial charge in [0.15, 0.2) is 30.4 Å². The van der Waals surface area contributed by atoms with Crippen LogP contribution in [0.3, 0.4) is 0 Å². The molecule has 14 nitrogen and oxygen atoms in total. The summed E-state index contributed by atoms with van der Waals surface area (Å²) in [5.41, 5.74) is 2.33. The molecule has 2 aromatic carbocycles. The van der Waals surface area contributed by atoms with Gasteiger partial charge in [0.1, 0.15) is 18.1 Å². The molecule has 0 radical (unpaired) electrons. The molecule has 2 saturated carbocycles. The van der Waals surface area contributed by atoms with Crippen LogP contribution in [0.4, 0.5) is 20.2 Å². The number of Topliss-reactive ketones (excluding diaryl/α,β-unsaturated/α-hetero) is 2. The van der Waals surface area contributed by atoms with E-state index in [1.165, 1.54) is 19.3 Å². The minimum Gasteiger partial charge on any atom is -0.493 e. The first kappa shape index (κ1) is 45.0. The van der Waals surface area contributed by atoms with E-state index in [-0.39, 0.29) is 105 Å². The third-order valence-corrected chi connectivity index (χ3v) is 16.0. The summed E-state index contributed by atoms with van der Waals surface area (Å²) in [6, 6.07) is 6.63. The van der Waals surface area contributed by atoms with Gasteiger partial charge in [0.25, 0.3) is 11.8 Å². The lowest BCUT2D eigenvalue weighted by Crippen LogP contribution is -2.33. The van der Waals surface area contributed by atoms with Crippen molar-refractivity contribution in [3.05, 3.63) is 53.1 Å². The number of aliphatic imine (C=N–C) groups is 2. The minimum atomic E-state index is -3.24. The third kappa shape index (κ3) is 9.76. The maximum atomic E-state index is 15.0. The molecule has 0 saturated heterocycles. The minimum absolute atomic E-state index is 0.00983. The Balaban J connectivity index is 1.01. The Morgan fingerprint density at radius 2 is 1.32 bits per heavy atom. The van der Waals surface area contributed by atoms with Gasteiger partial charge in [-0.25, -0.2) is 8.78 Å². The zero-order valence-electron chi connectivity index (χ0n) is 35.6. The summed E-state index contributed by atoms with van der Waals surface area (Å²) >= 11 is 0. The van der Waals surface area contributed by atoms with Gasteiger partial charge in [0.2, 0.25) is 5.91 Å². The third-order valence-electron chi connectivity index (χ3n) is 12.8. The predicted molar refractivity (Wildman–Crippen MR) is 230 cm³/mol. The van der Waals surface area contributed by atoms with E-state index in [2.05, 4.69) is 9.98 Å². The van der Waals surface area contributed by atoms with Crippen molar-refractivity contribution in [2.45, 2.75) is 64.2 Å². The molecule has 3 heterocycles. The Morgan fingerprint density at radius 1 is 0.774 bits per heavy atom. The molecule has 7 atom stereocenters. The van der Waals surface area contributed by atoms with E-state index in [0.717, 1.165) is 4.90 Å². The highest BCUT2D eigenvalue weighted by molar-refractivity contribution is 7.61. The second kappa shape index (κ2) is 19.1. The van der Waals surface area contributed by atoms with Crippen molar-refractivity contribution in [1.82, 2.24) is 14.5 Å². The van der Waals surface area contributed by atoms with E-state index in [1.807, 2.05) is 6.92 Å². The summed E-state index contributed by atoms with van der Waals surface area (Å²) < 4.78 is 63.2. The van der Waals surface area contributed by atoms with E-state index in [0.29, 0.717) is 71.2 Å². The van der Waals surface area contributed by atoms with Gasteiger partial charge < -0.3 is 23.7 Å². The van der Waals surface area contributed by atoms with Crippen molar-refractivity contribution in [2.75, 3.05) is 66.4 Å². The summed E-state index contributed by atoms with van der Waals surface area (Å²) in [5.74, 6) is -1.58. The number of fused-ring (bicyclic) bond motifs is 4. The zero-order chi connectivity index (χ0) is 44.3. The zero-order valence-corrected chi connectivity index (χ0v) is 36.5. The maximum Gasteiger partial charge on any atom is 0.253 e. The molecule has 3 amide bonds. The van der Waals surface area contributed by atoms with Gasteiger partial charge in [-0.2, -0.15) is 0 Å². The summed E-state index contributed by atoms with van der Waals surface area (Å²) in [6.45, 7) is 2.79. The summed E-state index contributed by atoms with van der Waals surface area (Å²) in [5, 5.41) is 0. The van der Waals surface area contributed by atoms with Crippen molar-refractivity contribution in [3.63, 3.8) is 0 Å². The van der Waals surface area contributed by atoms with Crippen LogP contribution in [-0.4, -0.2) is 135 Å². The quantitative estimate of drug-likeness (QED) is 0.116. The Morgan fingerprint density at radius 3 is 1.90 bits per heavy atom. The SMILES string of the molecule is COc1cc2c(cc1OCCP(=O)(CCOc1cc3c(cc1C)C(=O)C1C[C@@H](F)C[C@H]1C=N3)N(C)CCCN(C)C(=O)CCCN1C(=O)C=CC1=O)N=C[C@@H]1C[C@H](F)CC1C2=O. The van der Waals surface area contributed by atoms with Crippen LogP contribution in [0.2, 0.25) is 0 Å². The molecule has 5 aliphatic rings. The Bertz CT molecular complexity index is 2230. The van der Waals surface area contributed by atoms with Gasteiger partial charge in [0.05, 0.1) is 31.7 Å². The molecular weight excluding hydrogens is 823 g/mol. The number of carbonyl (C=O) groups is 5. The molecule has 62 heavy (non-hydrogen) atoms. The van der Waals surface area contributed by atoms with Gasteiger partial charge in [0, 0.05) is 117 Å². The molecule has 2 aliphatic carbocycles. The lowest BCUT2D eigenvalue weighted by Gasteiger charge is -2.29. The van der Waals surface area contributed by atoms with E-state index >= 15 is 0 Å². The summed E-state index contributed by atoms with van der Waals surface area (Å²) in [7, 11) is 1.65. The number of ether oxygens (including phenoxy) is 3. The lowest BCUT2D eigenvalue weighted by molar-refractivity contribution is -0.138. The van der Waals surface area contributed by atoms with Gasteiger partial charge in [-0.1, -0.05) is 0 Å². The van der Waals surface area contributed by atoms with Crippen LogP contribution in [0.15, 0.2) is 46.4 Å². The van der Waals surface area contributed by atoms with Gasteiger partial charge in [-0.05, 0) is 70.2 Å². The molecule has 0 spiro atoms. The van der Waals surface area contributed by atoms with Crippen LogP contribution in [-0.2, 0) is 18.9 Å². The number of halogens is 2. The molecule has 2 aromatic rings. The molecule has 0 N–H and O–H groups in total. The number of amides is 3. The van der Waals surface area contributed by atoms with Gasteiger partial charge in [-0.3, -0.25) is 43.5 Å². The molecule has 332 valence electrons. The number of hydrogen-bond acceptors (Lipinski definition) is 11. The fraction of sp³-hybridized carbons (Fsp3) is 0.533. The second-order valence-electron chi connectivity index (χ2n) is 16.9. The van der Waals surface area contributed by atoms with E-state index in [9.17, 15) is 37.3 Å². The Hall–Kier alpha value is -5.08. The summed E-state index contributed by atoms with van der Waals surface area (Å²) in [4.78, 5) is 75.2. The molecule has 17 heteroatoms. The number of aryl methyl sites for hydroxylation is 1. The number of ketones is 2. The molecule has 0 aromatic heterocycles. The van der Waals surface area contributed by atoms with Crippen LogP contribution in [0.5, 0.6) is 17.2 Å². The highest BCUT2D eigenvalue weighted by Crippen LogP contribution is 2.49. The highest BCUT2D eigenvalue weighted by atomic mass is 31.2. The second-order valence-corrected chi connectivity index (χ2v) is 20.2. The predicted octanol–water partition coefficient (Wildman–Crippen LogP) is 6.75. The number of carbonyl (C=O) groups excluding carboxylic acids is 5. The number of hydrogen-bond donors (Lipinski definition) is 0. The van der Waals surface area contributed by atoms with Crippen LogP contribution < -0.4 is 14.2 Å².